The van der Waals surface area contributed by atoms with Crippen LogP contribution in [0.4, 0.5) is 0 Å². The van der Waals surface area contributed by atoms with Gasteiger partial charge in [0.05, 0.1) is 18.9 Å². The van der Waals surface area contributed by atoms with Gasteiger partial charge in [0.2, 0.25) is 11.8 Å². The number of phenols is 1. The molecule has 1 aromatic carbocycles. The monoisotopic (exact) mass is 534 g/mol. The van der Waals surface area contributed by atoms with E-state index in [1.54, 1.807) is 32.9 Å². The molecule has 8 nitrogen and oxygen atoms in total. The van der Waals surface area contributed by atoms with Crippen molar-refractivity contribution < 1.29 is 29.0 Å². The van der Waals surface area contributed by atoms with Gasteiger partial charge < -0.3 is 9.84 Å². The van der Waals surface area contributed by atoms with E-state index in [0.29, 0.717) is 11.3 Å². The van der Waals surface area contributed by atoms with E-state index >= 15 is 0 Å². The van der Waals surface area contributed by atoms with Gasteiger partial charge in [0.25, 0.3) is 11.8 Å². The number of halogens is 2. The summed E-state index contributed by atoms with van der Waals surface area (Å²) in [4.78, 5) is 52.4. The number of benzene rings is 1. The van der Waals surface area contributed by atoms with Crippen molar-refractivity contribution >= 4 is 46.8 Å². The lowest BCUT2D eigenvalue weighted by molar-refractivity contribution is -0.146. The fourth-order valence-corrected chi connectivity index (χ4v) is 7.65. The average Bonchev–Trinajstić information content (AvgIpc) is 3.15. The van der Waals surface area contributed by atoms with E-state index in [0.717, 1.165) is 4.90 Å². The standard InChI is InChI=1S/C26H28Cl2N2O6/c1-24(2,3)30-20(32)14-8-7-13-16(18(14)21(30)33)11-25(27)22(34)29(4)23(35)26(25,28)19(13)15-10-12(36-5)6-9-17(15)31/h6-7,9-10,14,16,18-19,31H,8,11H2,1-5H3/t14-,16+,18-,19+,25+,26-/m0/s1. The summed E-state index contributed by atoms with van der Waals surface area (Å²) in [5, 5.41) is 10.9. The number of methoxy groups -OCH3 is 1. The van der Waals surface area contributed by atoms with Gasteiger partial charge in [-0.05, 0) is 57.7 Å². The van der Waals surface area contributed by atoms with E-state index in [4.69, 9.17) is 27.9 Å². The molecule has 1 saturated carbocycles. The maximum absolute atomic E-state index is 13.7. The molecule has 1 N–H and O–H groups in total. The zero-order valence-corrected chi connectivity index (χ0v) is 22.2. The highest BCUT2D eigenvalue weighted by molar-refractivity contribution is 6.53. The van der Waals surface area contributed by atoms with Crippen LogP contribution in [0.25, 0.3) is 0 Å². The molecular weight excluding hydrogens is 507 g/mol. The molecule has 192 valence electrons. The Morgan fingerprint density at radius 1 is 1.06 bits per heavy atom. The van der Waals surface area contributed by atoms with Crippen LogP contribution in [0.1, 0.15) is 45.1 Å². The molecule has 0 radical (unpaired) electrons. The highest BCUT2D eigenvalue weighted by Crippen LogP contribution is 2.66. The van der Waals surface area contributed by atoms with Crippen LogP contribution in [0.3, 0.4) is 0 Å². The highest BCUT2D eigenvalue weighted by atomic mass is 35.5. The highest BCUT2D eigenvalue weighted by Gasteiger charge is 2.76. The predicted octanol–water partition coefficient (Wildman–Crippen LogP) is 3.19. The first-order valence-corrected chi connectivity index (χ1v) is 12.6. The number of allylic oxidation sites excluding steroid dienone is 2. The SMILES string of the molecule is COc1ccc(O)c([C@H]2C3=CC[C@@H]4C(=O)N(C(C)(C)C)C(=O)[C@@H]4[C@@H]3C[C@@]3(Cl)C(=O)N(C)C(=O)[C@@]23Cl)c1. The molecule has 4 amide bonds. The molecule has 0 bridgehead atoms. The summed E-state index contributed by atoms with van der Waals surface area (Å²) in [5.74, 6) is -4.67. The molecule has 3 fully saturated rings. The molecule has 6 atom stereocenters. The zero-order chi connectivity index (χ0) is 26.5. The van der Waals surface area contributed by atoms with Crippen molar-refractivity contribution in [2.24, 2.45) is 17.8 Å². The maximum atomic E-state index is 13.7. The summed E-state index contributed by atoms with van der Waals surface area (Å²) in [6.45, 7) is 5.40. The molecule has 0 aromatic heterocycles. The molecule has 0 unspecified atom stereocenters. The lowest BCUT2D eigenvalue weighted by Gasteiger charge is -2.50. The zero-order valence-electron chi connectivity index (χ0n) is 20.7. The smallest absolute Gasteiger partial charge is 0.253 e. The van der Waals surface area contributed by atoms with Crippen LogP contribution in [0, 0.1) is 17.8 Å². The number of imide groups is 2. The van der Waals surface area contributed by atoms with Crippen molar-refractivity contribution in [3.8, 4) is 11.5 Å². The molecule has 2 aliphatic carbocycles. The van der Waals surface area contributed by atoms with Gasteiger partial charge in [0.1, 0.15) is 11.5 Å². The van der Waals surface area contributed by atoms with Gasteiger partial charge in [0, 0.05) is 24.1 Å². The van der Waals surface area contributed by atoms with E-state index in [-0.39, 0.29) is 36.0 Å². The van der Waals surface area contributed by atoms with Gasteiger partial charge >= 0.3 is 0 Å². The van der Waals surface area contributed by atoms with Crippen LogP contribution in [0.15, 0.2) is 29.8 Å². The molecule has 0 spiro atoms. The molecule has 2 saturated heterocycles. The van der Waals surface area contributed by atoms with Crippen molar-refractivity contribution in [1.29, 1.82) is 0 Å². The maximum Gasteiger partial charge on any atom is 0.253 e. The number of ether oxygens (including phenoxy) is 1. The van der Waals surface area contributed by atoms with Crippen LogP contribution in [-0.4, -0.2) is 68.0 Å². The number of phenolic OH excluding ortho intramolecular Hbond substituents is 1. The number of aromatic hydroxyl groups is 1. The van der Waals surface area contributed by atoms with Gasteiger partial charge in [-0.3, -0.25) is 29.0 Å². The number of fused-ring (bicyclic) bond motifs is 4. The van der Waals surface area contributed by atoms with Crippen LogP contribution >= 0.6 is 23.2 Å². The molecule has 1 aromatic rings. The fraction of sp³-hybridized carbons (Fsp3) is 0.538. The number of hydrogen-bond acceptors (Lipinski definition) is 6. The van der Waals surface area contributed by atoms with E-state index in [1.807, 2.05) is 6.08 Å². The lowest BCUT2D eigenvalue weighted by atomic mass is 9.56. The number of rotatable bonds is 2. The number of amides is 4. The average molecular weight is 535 g/mol. The minimum Gasteiger partial charge on any atom is -0.508 e. The van der Waals surface area contributed by atoms with Gasteiger partial charge in [-0.25, -0.2) is 0 Å². The minimum atomic E-state index is -1.95. The Morgan fingerprint density at radius 2 is 1.72 bits per heavy atom. The van der Waals surface area contributed by atoms with Gasteiger partial charge in [0.15, 0.2) is 9.75 Å². The summed E-state index contributed by atoms with van der Waals surface area (Å²) >= 11 is 14.2. The van der Waals surface area contributed by atoms with Crippen LogP contribution < -0.4 is 4.74 Å². The Labute approximate surface area is 219 Å². The van der Waals surface area contributed by atoms with Crippen molar-refractivity contribution in [3.05, 3.63) is 35.4 Å². The third kappa shape index (κ3) is 2.94. The van der Waals surface area contributed by atoms with Crippen molar-refractivity contribution in [1.82, 2.24) is 9.80 Å². The summed E-state index contributed by atoms with van der Waals surface area (Å²) < 4.78 is 5.35. The molecule has 2 aliphatic heterocycles. The Kier molecular flexibility index (Phi) is 5.37. The van der Waals surface area contributed by atoms with Gasteiger partial charge in [-0.15, -0.1) is 23.2 Å². The number of likely N-dealkylation sites (tertiary alicyclic amines) is 2. The first kappa shape index (κ1) is 25.1. The second kappa shape index (κ2) is 7.71. The fourth-order valence-electron chi connectivity index (χ4n) is 6.64. The van der Waals surface area contributed by atoms with Crippen molar-refractivity contribution in [3.63, 3.8) is 0 Å². The van der Waals surface area contributed by atoms with Crippen LogP contribution in [0.2, 0.25) is 0 Å². The normalized spacial score (nSPS) is 36.0. The van der Waals surface area contributed by atoms with Crippen LogP contribution in [-0.2, 0) is 19.2 Å². The number of carbonyl (C=O) groups is 4. The summed E-state index contributed by atoms with van der Waals surface area (Å²) in [6.07, 6.45) is 2.02. The lowest BCUT2D eigenvalue weighted by Crippen LogP contribution is -2.60. The van der Waals surface area contributed by atoms with Gasteiger partial charge in [-0.2, -0.15) is 0 Å². The Balaban J connectivity index is 1.75. The first-order valence-electron chi connectivity index (χ1n) is 11.8. The topological polar surface area (TPSA) is 104 Å². The van der Waals surface area contributed by atoms with E-state index < -0.39 is 50.8 Å². The molecule has 4 aliphatic rings. The number of carbonyl (C=O) groups excluding carboxylic acids is 4. The number of alkyl halides is 2. The van der Waals surface area contributed by atoms with E-state index in [2.05, 4.69) is 0 Å². The quantitative estimate of drug-likeness (QED) is 0.355. The Hall–Kier alpha value is -2.58. The Morgan fingerprint density at radius 3 is 2.33 bits per heavy atom. The number of hydrogen-bond donors (Lipinski definition) is 1. The number of nitrogens with zero attached hydrogens (tertiary/aromatic N) is 2. The summed E-state index contributed by atoms with van der Waals surface area (Å²) in [7, 11) is 2.79. The third-order valence-electron chi connectivity index (χ3n) is 8.23. The van der Waals surface area contributed by atoms with Crippen LogP contribution in [0.5, 0.6) is 11.5 Å². The molecule has 5 rings (SSSR count). The van der Waals surface area contributed by atoms with E-state index in [1.165, 1.54) is 25.1 Å². The molecule has 2 heterocycles. The van der Waals surface area contributed by atoms with Crippen molar-refractivity contribution in [2.45, 2.75) is 54.8 Å². The molecule has 36 heavy (non-hydrogen) atoms. The predicted molar refractivity (Wildman–Crippen MR) is 132 cm³/mol. The molecule has 10 heteroatoms. The second-order valence-corrected chi connectivity index (χ2v) is 12.3. The van der Waals surface area contributed by atoms with E-state index in [9.17, 15) is 24.3 Å². The third-order valence-corrected chi connectivity index (χ3v) is 9.64. The summed E-state index contributed by atoms with van der Waals surface area (Å²) in [5.41, 5.74) is 0.170. The summed E-state index contributed by atoms with van der Waals surface area (Å²) in [6, 6.07) is 4.56. The first-order chi connectivity index (χ1) is 16.7. The van der Waals surface area contributed by atoms with Gasteiger partial charge in [-0.1, -0.05) is 11.6 Å². The van der Waals surface area contributed by atoms with Crippen molar-refractivity contribution in [2.75, 3.05) is 14.2 Å². The second-order valence-electron chi connectivity index (χ2n) is 11.1. The largest absolute Gasteiger partial charge is 0.508 e. The molecular formula is C26H28Cl2N2O6. The minimum absolute atomic E-state index is 0.0851. The Bertz CT molecular complexity index is 1260.